The fraction of sp³-hybridized carbons (Fsp3) is 0.429. The molecule has 3 N–H and O–H groups in total. The zero-order chi connectivity index (χ0) is 14.3. The van der Waals surface area contributed by atoms with Crippen LogP contribution in [-0.2, 0) is 4.79 Å². The van der Waals surface area contributed by atoms with Crippen molar-refractivity contribution in [3.8, 4) is 0 Å². The molecule has 0 radical (unpaired) electrons. The van der Waals surface area contributed by atoms with Crippen molar-refractivity contribution < 1.29 is 9.59 Å². The summed E-state index contributed by atoms with van der Waals surface area (Å²) < 4.78 is 0. The van der Waals surface area contributed by atoms with E-state index in [1.54, 1.807) is 11.0 Å². The third-order valence-corrected chi connectivity index (χ3v) is 4.85. The first-order chi connectivity index (χ1) is 9.54. The summed E-state index contributed by atoms with van der Waals surface area (Å²) in [6, 6.07) is 5.56. The molecule has 2 aliphatic heterocycles. The number of amides is 2. The maximum atomic E-state index is 12.4. The molecule has 2 heterocycles. The Balaban J connectivity index is 1.84. The van der Waals surface area contributed by atoms with Crippen molar-refractivity contribution in [3.63, 3.8) is 0 Å². The van der Waals surface area contributed by atoms with Crippen LogP contribution >= 0.6 is 11.8 Å². The van der Waals surface area contributed by atoms with E-state index in [0.717, 1.165) is 17.0 Å². The Labute approximate surface area is 121 Å². The van der Waals surface area contributed by atoms with Gasteiger partial charge in [0.2, 0.25) is 5.91 Å². The van der Waals surface area contributed by atoms with Crippen molar-refractivity contribution in [1.82, 2.24) is 4.90 Å². The number of hydrogen-bond donors (Lipinski definition) is 2. The molecule has 3 rings (SSSR count). The van der Waals surface area contributed by atoms with Crippen LogP contribution in [0.25, 0.3) is 0 Å². The van der Waals surface area contributed by atoms with Crippen LogP contribution in [0.3, 0.4) is 0 Å². The highest BCUT2D eigenvalue weighted by Gasteiger charge is 2.27. The highest BCUT2D eigenvalue weighted by Crippen LogP contribution is 2.36. The largest absolute Gasteiger partial charge is 0.337 e. The predicted molar refractivity (Wildman–Crippen MR) is 78.9 cm³/mol. The minimum absolute atomic E-state index is 0.0152. The molecule has 1 fully saturated rings. The van der Waals surface area contributed by atoms with Gasteiger partial charge in [-0.15, -0.1) is 11.8 Å². The molecule has 2 aliphatic rings. The maximum Gasteiger partial charge on any atom is 0.253 e. The molecule has 0 spiro atoms. The molecule has 2 atom stereocenters. The van der Waals surface area contributed by atoms with E-state index in [0.29, 0.717) is 18.7 Å². The molecule has 6 heteroatoms. The predicted octanol–water partition coefficient (Wildman–Crippen LogP) is 1.29. The van der Waals surface area contributed by atoms with E-state index in [4.69, 9.17) is 5.73 Å². The molecule has 1 unspecified atom stereocenters. The van der Waals surface area contributed by atoms with Crippen LogP contribution in [0.15, 0.2) is 23.1 Å². The number of carbonyl (C=O) groups is 2. The lowest BCUT2D eigenvalue weighted by Crippen LogP contribution is -2.32. The number of thioether (sulfide) groups is 1. The molecular weight excluding hydrogens is 274 g/mol. The van der Waals surface area contributed by atoms with Gasteiger partial charge in [-0.2, -0.15) is 0 Å². The Morgan fingerprint density at radius 2 is 2.30 bits per heavy atom. The lowest BCUT2D eigenvalue weighted by Gasteiger charge is -2.22. The summed E-state index contributed by atoms with van der Waals surface area (Å²) in [6.07, 6.45) is 0.848. The van der Waals surface area contributed by atoms with Gasteiger partial charge in [0.25, 0.3) is 5.91 Å². The molecule has 1 aromatic rings. The molecule has 0 aliphatic carbocycles. The average Bonchev–Trinajstić information content (AvgIpc) is 2.85. The van der Waals surface area contributed by atoms with Gasteiger partial charge in [0.15, 0.2) is 0 Å². The molecule has 106 valence electrons. The number of nitrogens with zero attached hydrogens (tertiary/aromatic N) is 1. The van der Waals surface area contributed by atoms with Gasteiger partial charge in [0.1, 0.15) is 0 Å². The van der Waals surface area contributed by atoms with Crippen molar-refractivity contribution in [3.05, 3.63) is 23.8 Å². The first-order valence-electron chi connectivity index (χ1n) is 6.71. The highest BCUT2D eigenvalue weighted by molar-refractivity contribution is 8.00. The van der Waals surface area contributed by atoms with Crippen molar-refractivity contribution in [1.29, 1.82) is 0 Å². The smallest absolute Gasteiger partial charge is 0.253 e. The van der Waals surface area contributed by atoms with Crippen LogP contribution < -0.4 is 11.1 Å². The Kier molecular flexibility index (Phi) is 3.43. The number of fused-ring (bicyclic) bond motifs is 1. The summed E-state index contributed by atoms with van der Waals surface area (Å²) in [6.45, 7) is 3.18. The van der Waals surface area contributed by atoms with Gasteiger partial charge in [-0.05, 0) is 31.5 Å². The molecule has 5 nitrogen and oxygen atoms in total. The van der Waals surface area contributed by atoms with Crippen LogP contribution in [-0.4, -0.2) is 41.1 Å². The van der Waals surface area contributed by atoms with Crippen molar-refractivity contribution >= 4 is 29.3 Å². The minimum atomic E-state index is -0.0966. The fourth-order valence-corrected chi connectivity index (χ4v) is 3.43. The van der Waals surface area contributed by atoms with E-state index in [-0.39, 0.29) is 23.1 Å². The number of anilines is 1. The monoisotopic (exact) mass is 291 g/mol. The number of nitrogens with one attached hydrogen (secondary N) is 1. The summed E-state index contributed by atoms with van der Waals surface area (Å²) >= 11 is 1.52. The van der Waals surface area contributed by atoms with E-state index in [1.165, 1.54) is 11.8 Å². The topological polar surface area (TPSA) is 75.4 Å². The van der Waals surface area contributed by atoms with Crippen molar-refractivity contribution in [2.24, 2.45) is 5.73 Å². The lowest BCUT2D eigenvalue weighted by molar-refractivity contribution is -0.115. The van der Waals surface area contributed by atoms with Gasteiger partial charge in [-0.3, -0.25) is 9.59 Å². The Bertz CT molecular complexity index is 576. The maximum absolute atomic E-state index is 12.4. The van der Waals surface area contributed by atoms with Gasteiger partial charge in [0, 0.05) is 29.6 Å². The van der Waals surface area contributed by atoms with E-state index < -0.39 is 0 Å². The standard InChI is InChI=1S/C14H17N3O2S/c1-8-13(18)16-11-6-9(2-3-12(11)20-8)14(19)17-5-4-10(15)7-17/h2-3,6,8,10H,4-5,7,15H2,1H3,(H,16,18)/t8?,10-/m1/s1. The Morgan fingerprint density at radius 1 is 1.50 bits per heavy atom. The van der Waals surface area contributed by atoms with Gasteiger partial charge in [0.05, 0.1) is 10.9 Å². The number of benzene rings is 1. The van der Waals surface area contributed by atoms with E-state index in [9.17, 15) is 9.59 Å². The summed E-state index contributed by atoms with van der Waals surface area (Å²) in [5, 5.41) is 2.75. The number of likely N-dealkylation sites (tertiary alicyclic amines) is 1. The molecule has 0 bridgehead atoms. The van der Waals surface area contributed by atoms with Gasteiger partial charge >= 0.3 is 0 Å². The van der Waals surface area contributed by atoms with Crippen molar-refractivity contribution in [2.45, 2.75) is 29.5 Å². The van der Waals surface area contributed by atoms with Gasteiger partial charge < -0.3 is 16.0 Å². The van der Waals surface area contributed by atoms with Crippen LogP contribution in [0, 0.1) is 0 Å². The number of hydrogen-bond acceptors (Lipinski definition) is 4. The Morgan fingerprint density at radius 3 is 3.00 bits per heavy atom. The fourth-order valence-electron chi connectivity index (χ4n) is 2.50. The highest BCUT2D eigenvalue weighted by atomic mass is 32.2. The number of nitrogens with two attached hydrogens (primary N) is 1. The second kappa shape index (κ2) is 5.10. The Hall–Kier alpha value is -1.53. The second-order valence-corrected chi connectivity index (χ2v) is 6.64. The second-order valence-electron chi connectivity index (χ2n) is 5.26. The third kappa shape index (κ3) is 2.41. The van der Waals surface area contributed by atoms with Crippen LogP contribution in [0.1, 0.15) is 23.7 Å². The molecule has 1 saturated heterocycles. The minimum Gasteiger partial charge on any atom is -0.337 e. The number of rotatable bonds is 1. The summed E-state index contributed by atoms with van der Waals surface area (Å²) in [4.78, 5) is 26.8. The first-order valence-corrected chi connectivity index (χ1v) is 7.59. The first kappa shape index (κ1) is 13.5. The molecule has 1 aromatic carbocycles. The van der Waals surface area contributed by atoms with E-state index in [1.807, 2.05) is 19.1 Å². The quantitative estimate of drug-likeness (QED) is 0.817. The molecule has 0 saturated carbocycles. The van der Waals surface area contributed by atoms with Gasteiger partial charge in [-0.25, -0.2) is 0 Å². The zero-order valence-electron chi connectivity index (χ0n) is 11.3. The van der Waals surface area contributed by atoms with Crippen LogP contribution in [0.5, 0.6) is 0 Å². The van der Waals surface area contributed by atoms with E-state index >= 15 is 0 Å². The molecule has 0 aromatic heterocycles. The SMILES string of the molecule is CC1Sc2ccc(C(=O)N3CC[C@@H](N)C3)cc2NC1=O. The van der Waals surface area contributed by atoms with Crippen molar-refractivity contribution in [2.75, 3.05) is 18.4 Å². The molecule has 20 heavy (non-hydrogen) atoms. The summed E-state index contributed by atoms with van der Waals surface area (Å²) in [7, 11) is 0. The summed E-state index contributed by atoms with van der Waals surface area (Å²) in [5.41, 5.74) is 7.17. The van der Waals surface area contributed by atoms with Crippen LogP contribution in [0.2, 0.25) is 0 Å². The molecular formula is C14H17N3O2S. The van der Waals surface area contributed by atoms with Crippen LogP contribution in [0.4, 0.5) is 5.69 Å². The van der Waals surface area contributed by atoms with Gasteiger partial charge in [-0.1, -0.05) is 0 Å². The third-order valence-electron chi connectivity index (χ3n) is 3.67. The normalized spacial score (nSPS) is 25.3. The van der Waals surface area contributed by atoms with E-state index in [2.05, 4.69) is 5.32 Å². The zero-order valence-corrected chi connectivity index (χ0v) is 12.1. The number of carbonyl (C=O) groups excluding carboxylic acids is 2. The molecule has 2 amide bonds. The average molecular weight is 291 g/mol. The summed E-state index contributed by atoms with van der Waals surface area (Å²) in [5.74, 6) is -0.0334. The lowest BCUT2D eigenvalue weighted by atomic mass is 10.1.